The third-order valence-corrected chi connectivity index (χ3v) is 3.09. The number of hydrogen-bond acceptors (Lipinski definition) is 2. The van der Waals surface area contributed by atoms with Crippen molar-refractivity contribution in [2.24, 2.45) is 0 Å². The van der Waals surface area contributed by atoms with E-state index in [-0.39, 0.29) is 11.7 Å². The van der Waals surface area contributed by atoms with Crippen LogP contribution in [0.4, 0.5) is 10.1 Å². The molecule has 0 radical (unpaired) electrons. The zero-order chi connectivity index (χ0) is 15.2. The highest BCUT2D eigenvalue weighted by Gasteiger charge is 2.11. The molecule has 2 aromatic rings. The number of nitrogens with two attached hydrogens (primary N) is 1. The first-order valence-corrected chi connectivity index (χ1v) is 6.65. The van der Waals surface area contributed by atoms with Gasteiger partial charge in [-0.2, -0.15) is 0 Å². The summed E-state index contributed by atoms with van der Waals surface area (Å²) in [6, 6.07) is 13.2. The lowest BCUT2D eigenvalue weighted by molar-refractivity contribution is -0.117. The molecule has 0 aliphatic carbocycles. The highest BCUT2D eigenvalue weighted by Crippen LogP contribution is 2.16. The van der Waals surface area contributed by atoms with E-state index < -0.39 is 6.04 Å². The van der Waals surface area contributed by atoms with E-state index in [0.717, 1.165) is 5.56 Å². The summed E-state index contributed by atoms with van der Waals surface area (Å²) >= 11 is 0. The Labute approximate surface area is 123 Å². The second-order valence-electron chi connectivity index (χ2n) is 4.75. The smallest absolute Gasteiger partial charge is 0.244 e. The predicted molar refractivity (Wildman–Crippen MR) is 82.8 cm³/mol. The van der Waals surface area contributed by atoms with Crippen LogP contribution < -0.4 is 11.1 Å². The Balaban J connectivity index is 1.98. The van der Waals surface area contributed by atoms with Gasteiger partial charge in [-0.05, 0) is 36.8 Å². The van der Waals surface area contributed by atoms with Crippen LogP contribution in [-0.4, -0.2) is 5.91 Å². The molecule has 2 rings (SSSR count). The van der Waals surface area contributed by atoms with Crippen LogP contribution in [0.15, 0.2) is 54.6 Å². The Hall–Kier alpha value is -2.62. The minimum Gasteiger partial charge on any atom is -0.399 e. The number of amides is 1. The van der Waals surface area contributed by atoms with Gasteiger partial charge in [-0.1, -0.05) is 30.3 Å². The lowest BCUT2D eigenvalue weighted by Crippen LogP contribution is -2.25. The van der Waals surface area contributed by atoms with Gasteiger partial charge in [-0.25, -0.2) is 4.39 Å². The molecule has 0 saturated carbocycles. The van der Waals surface area contributed by atoms with Gasteiger partial charge in [0.05, 0.1) is 6.04 Å². The number of nitrogens with one attached hydrogen (secondary N) is 1. The van der Waals surface area contributed by atoms with E-state index in [1.165, 1.54) is 12.1 Å². The molecule has 2 aromatic carbocycles. The molecular weight excluding hydrogens is 267 g/mol. The molecule has 0 fully saturated rings. The molecule has 4 heteroatoms. The maximum absolute atomic E-state index is 13.6. The molecule has 0 spiro atoms. The first-order chi connectivity index (χ1) is 10.1. The normalized spacial score (nSPS) is 12.3. The Morgan fingerprint density at radius 1 is 1.19 bits per heavy atom. The van der Waals surface area contributed by atoms with Gasteiger partial charge in [0.15, 0.2) is 0 Å². The van der Waals surface area contributed by atoms with E-state index in [2.05, 4.69) is 5.32 Å². The number of anilines is 1. The van der Waals surface area contributed by atoms with E-state index >= 15 is 0 Å². The first-order valence-electron chi connectivity index (χ1n) is 6.65. The summed E-state index contributed by atoms with van der Waals surface area (Å²) in [5.74, 6) is -0.601. The van der Waals surface area contributed by atoms with Crippen molar-refractivity contribution in [2.45, 2.75) is 13.0 Å². The van der Waals surface area contributed by atoms with Crippen LogP contribution >= 0.6 is 0 Å². The summed E-state index contributed by atoms with van der Waals surface area (Å²) in [5, 5.41) is 2.73. The number of carbonyl (C=O) groups excluding carboxylic acids is 1. The largest absolute Gasteiger partial charge is 0.399 e. The molecule has 3 N–H and O–H groups in total. The number of hydrogen-bond donors (Lipinski definition) is 2. The second-order valence-corrected chi connectivity index (χ2v) is 4.75. The molecule has 1 atom stereocenters. The van der Waals surface area contributed by atoms with Crippen molar-refractivity contribution in [3.8, 4) is 0 Å². The molecule has 0 aliphatic rings. The van der Waals surface area contributed by atoms with Gasteiger partial charge in [0, 0.05) is 17.3 Å². The molecule has 108 valence electrons. The fourth-order valence-corrected chi connectivity index (χ4v) is 1.94. The zero-order valence-corrected chi connectivity index (χ0v) is 11.7. The van der Waals surface area contributed by atoms with Crippen molar-refractivity contribution < 1.29 is 9.18 Å². The summed E-state index contributed by atoms with van der Waals surface area (Å²) in [4.78, 5) is 11.8. The lowest BCUT2D eigenvalue weighted by Gasteiger charge is -2.13. The molecule has 1 unspecified atom stereocenters. The van der Waals surface area contributed by atoms with Gasteiger partial charge in [0.1, 0.15) is 5.82 Å². The minimum atomic E-state index is -0.394. The third kappa shape index (κ3) is 4.18. The van der Waals surface area contributed by atoms with E-state index in [0.29, 0.717) is 11.3 Å². The number of nitrogen functional groups attached to an aromatic ring is 1. The molecule has 0 saturated heterocycles. The predicted octanol–water partition coefficient (Wildman–Crippen LogP) is 3.30. The standard InChI is InChI=1S/C17H17FN2O/c1-12(15-4-2-3-5-16(15)18)20-17(21)11-8-13-6-9-14(19)10-7-13/h2-12H,19H2,1H3,(H,20,21)/b11-8+. The summed E-state index contributed by atoms with van der Waals surface area (Å²) in [6.07, 6.45) is 3.10. The molecular formula is C17H17FN2O. The maximum Gasteiger partial charge on any atom is 0.244 e. The van der Waals surface area contributed by atoms with Gasteiger partial charge in [0.2, 0.25) is 5.91 Å². The fraction of sp³-hybridized carbons (Fsp3) is 0.118. The van der Waals surface area contributed by atoms with Gasteiger partial charge < -0.3 is 11.1 Å². The van der Waals surface area contributed by atoms with Crippen molar-refractivity contribution in [3.05, 3.63) is 71.6 Å². The number of halogens is 1. The topological polar surface area (TPSA) is 55.1 Å². The average molecular weight is 284 g/mol. The first kappa shape index (κ1) is 14.8. The summed E-state index contributed by atoms with van der Waals surface area (Å²) in [5.41, 5.74) is 7.60. The van der Waals surface area contributed by atoms with Gasteiger partial charge in [-0.3, -0.25) is 4.79 Å². The number of carbonyl (C=O) groups is 1. The lowest BCUT2D eigenvalue weighted by atomic mass is 10.1. The van der Waals surface area contributed by atoms with Gasteiger partial charge >= 0.3 is 0 Å². The Bertz CT molecular complexity index is 650. The van der Waals surface area contributed by atoms with Crippen LogP contribution in [0.3, 0.4) is 0 Å². The van der Waals surface area contributed by atoms with Crippen LogP contribution in [0, 0.1) is 5.82 Å². The van der Waals surface area contributed by atoms with Crippen LogP contribution in [0.25, 0.3) is 6.08 Å². The molecule has 0 aliphatic heterocycles. The van der Waals surface area contributed by atoms with Crippen molar-refractivity contribution in [2.75, 3.05) is 5.73 Å². The van der Waals surface area contributed by atoms with Crippen LogP contribution in [0.2, 0.25) is 0 Å². The third-order valence-electron chi connectivity index (χ3n) is 3.09. The van der Waals surface area contributed by atoms with Crippen molar-refractivity contribution in [3.63, 3.8) is 0 Å². The highest BCUT2D eigenvalue weighted by atomic mass is 19.1. The van der Waals surface area contributed by atoms with E-state index in [4.69, 9.17) is 5.73 Å². The SMILES string of the molecule is CC(NC(=O)/C=C/c1ccc(N)cc1)c1ccccc1F. The second kappa shape index (κ2) is 6.70. The van der Waals surface area contributed by atoms with Crippen molar-refractivity contribution in [1.29, 1.82) is 0 Å². The average Bonchev–Trinajstić information content (AvgIpc) is 2.47. The van der Waals surface area contributed by atoms with Crippen LogP contribution in [0.1, 0.15) is 24.1 Å². The molecule has 0 bridgehead atoms. The monoisotopic (exact) mass is 284 g/mol. The quantitative estimate of drug-likeness (QED) is 0.668. The Morgan fingerprint density at radius 2 is 1.86 bits per heavy atom. The minimum absolute atomic E-state index is 0.275. The van der Waals surface area contributed by atoms with Crippen molar-refractivity contribution in [1.82, 2.24) is 5.32 Å². The Morgan fingerprint density at radius 3 is 2.52 bits per heavy atom. The molecule has 21 heavy (non-hydrogen) atoms. The molecule has 3 nitrogen and oxygen atoms in total. The summed E-state index contributed by atoms with van der Waals surface area (Å²) in [6.45, 7) is 1.74. The van der Waals surface area contributed by atoms with E-state index in [9.17, 15) is 9.18 Å². The van der Waals surface area contributed by atoms with E-state index in [1.807, 2.05) is 12.1 Å². The van der Waals surface area contributed by atoms with Gasteiger partial charge in [0.25, 0.3) is 0 Å². The molecule has 0 aromatic heterocycles. The molecule has 1 amide bonds. The fourth-order valence-electron chi connectivity index (χ4n) is 1.94. The van der Waals surface area contributed by atoms with Crippen LogP contribution in [-0.2, 0) is 4.79 Å². The van der Waals surface area contributed by atoms with Crippen LogP contribution in [0.5, 0.6) is 0 Å². The van der Waals surface area contributed by atoms with Gasteiger partial charge in [-0.15, -0.1) is 0 Å². The zero-order valence-electron chi connectivity index (χ0n) is 11.7. The Kier molecular flexibility index (Phi) is 4.72. The maximum atomic E-state index is 13.6. The number of rotatable bonds is 4. The number of benzene rings is 2. The molecule has 0 heterocycles. The summed E-state index contributed by atoms with van der Waals surface area (Å²) in [7, 11) is 0. The van der Waals surface area contributed by atoms with E-state index in [1.54, 1.807) is 43.3 Å². The van der Waals surface area contributed by atoms with Crippen molar-refractivity contribution >= 4 is 17.7 Å². The highest BCUT2D eigenvalue weighted by molar-refractivity contribution is 5.92. The summed E-state index contributed by atoms with van der Waals surface area (Å²) < 4.78 is 13.6.